The Hall–Kier alpha value is -3.48. The van der Waals surface area contributed by atoms with Crippen LogP contribution in [0.4, 0.5) is 0 Å². The monoisotopic (exact) mass is 424 g/mol. The van der Waals surface area contributed by atoms with E-state index in [9.17, 15) is 9.59 Å². The molecule has 1 fully saturated rings. The molecule has 31 heavy (non-hydrogen) atoms. The Balaban J connectivity index is 1.52. The summed E-state index contributed by atoms with van der Waals surface area (Å²) in [5.41, 5.74) is 6.95. The van der Waals surface area contributed by atoms with E-state index in [-0.39, 0.29) is 24.3 Å². The van der Waals surface area contributed by atoms with Gasteiger partial charge in [0, 0.05) is 24.8 Å². The zero-order chi connectivity index (χ0) is 22.2. The van der Waals surface area contributed by atoms with Gasteiger partial charge in [-0.05, 0) is 67.6 Å². The molecule has 0 aromatic heterocycles. The number of carbonyl (C=O) groups is 2. The summed E-state index contributed by atoms with van der Waals surface area (Å²) in [5.74, 6) is 2.05. The molecule has 1 atom stereocenters. The molecule has 3 rings (SSSR count). The molecule has 0 saturated heterocycles. The van der Waals surface area contributed by atoms with Gasteiger partial charge < -0.3 is 25.3 Å². The summed E-state index contributed by atoms with van der Waals surface area (Å²) in [7, 11) is 0. The van der Waals surface area contributed by atoms with Gasteiger partial charge in [-0.25, -0.2) is 4.79 Å². The highest BCUT2D eigenvalue weighted by Gasteiger charge is 2.21. The Bertz CT molecular complexity index is 935. The first-order valence-electron chi connectivity index (χ1n) is 10.3. The first kappa shape index (κ1) is 22.2. The molecule has 1 saturated carbocycles. The Morgan fingerprint density at radius 1 is 1.13 bits per heavy atom. The van der Waals surface area contributed by atoms with E-state index in [2.05, 4.69) is 5.32 Å². The number of benzene rings is 2. The number of ether oxygens (including phenoxy) is 3. The number of hydrogen-bond acceptors (Lipinski definition) is 6. The fourth-order valence-corrected chi connectivity index (χ4v) is 2.83. The highest BCUT2D eigenvalue weighted by molar-refractivity contribution is 5.90. The predicted octanol–water partition coefficient (Wildman–Crippen LogP) is 3.64. The number of hydrogen-bond donors (Lipinski definition) is 2. The van der Waals surface area contributed by atoms with Gasteiger partial charge >= 0.3 is 5.97 Å². The molecule has 2 aromatic rings. The van der Waals surface area contributed by atoms with Crippen molar-refractivity contribution in [3.05, 3.63) is 60.2 Å². The highest BCUT2D eigenvalue weighted by Crippen LogP contribution is 2.31. The standard InChI is InChI=1S/C24H28N2O5/c1-16(26-17(2)27)14-30-24(28)13-23(25)19-8-10-20(11-9-19)31-22-5-3-4-21(12-22)29-15-18-6-7-18/h3-5,8-13,16,18H,6-7,14-15,25H2,1-2H3,(H,26,27)/t16-/m0/s1. The van der Waals surface area contributed by atoms with Gasteiger partial charge in [-0.3, -0.25) is 4.79 Å². The summed E-state index contributed by atoms with van der Waals surface area (Å²) in [4.78, 5) is 22.9. The lowest BCUT2D eigenvalue weighted by Crippen LogP contribution is -2.34. The van der Waals surface area contributed by atoms with Crippen LogP contribution in [0.5, 0.6) is 17.2 Å². The Morgan fingerprint density at radius 2 is 1.84 bits per heavy atom. The lowest BCUT2D eigenvalue weighted by atomic mass is 10.1. The topological polar surface area (TPSA) is 99.9 Å². The second kappa shape index (κ2) is 10.5. The summed E-state index contributed by atoms with van der Waals surface area (Å²) in [6, 6.07) is 14.3. The summed E-state index contributed by atoms with van der Waals surface area (Å²) in [6.07, 6.45) is 3.71. The van der Waals surface area contributed by atoms with Crippen LogP contribution in [0.3, 0.4) is 0 Å². The van der Waals surface area contributed by atoms with E-state index in [1.54, 1.807) is 31.2 Å². The van der Waals surface area contributed by atoms with Crippen molar-refractivity contribution < 1.29 is 23.8 Å². The molecule has 3 N–H and O–H groups in total. The number of nitrogens with one attached hydrogen (secondary N) is 1. The van der Waals surface area contributed by atoms with Gasteiger partial charge in [-0.1, -0.05) is 6.07 Å². The lowest BCUT2D eigenvalue weighted by molar-refractivity contribution is -0.139. The van der Waals surface area contributed by atoms with Gasteiger partial charge in [0.2, 0.25) is 5.91 Å². The second-order valence-corrected chi connectivity index (χ2v) is 7.69. The minimum atomic E-state index is -0.571. The molecule has 0 bridgehead atoms. The maximum absolute atomic E-state index is 11.9. The molecule has 1 amide bonds. The van der Waals surface area contributed by atoms with Crippen molar-refractivity contribution in [2.24, 2.45) is 11.7 Å². The van der Waals surface area contributed by atoms with Crippen molar-refractivity contribution in [2.45, 2.75) is 32.7 Å². The van der Waals surface area contributed by atoms with Crippen LogP contribution < -0.4 is 20.5 Å². The van der Waals surface area contributed by atoms with Crippen LogP contribution in [0.2, 0.25) is 0 Å². The first-order valence-corrected chi connectivity index (χ1v) is 10.3. The molecule has 0 spiro atoms. The fourth-order valence-electron chi connectivity index (χ4n) is 2.83. The van der Waals surface area contributed by atoms with Crippen molar-refractivity contribution in [3.63, 3.8) is 0 Å². The SMILES string of the molecule is CC(=O)N[C@@H](C)COC(=O)C=C(N)c1ccc(Oc2cccc(OCC3CC3)c2)cc1. The van der Waals surface area contributed by atoms with Crippen molar-refractivity contribution >= 4 is 17.6 Å². The van der Waals surface area contributed by atoms with Crippen LogP contribution in [0, 0.1) is 5.92 Å². The molecule has 7 heteroatoms. The molecule has 0 heterocycles. The summed E-state index contributed by atoms with van der Waals surface area (Å²) < 4.78 is 16.8. The predicted molar refractivity (Wildman–Crippen MR) is 118 cm³/mol. The highest BCUT2D eigenvalue weighted by atomic mass is 16.5. The quantitative estimate of drug-likeness (QED) is 0.446. The number of esters is 1. The molecule has 1 aliphatic carbocycles. The number of amides is 1. The van der Waals surface area contributed by atoms with Gasteiger partial charge in [0.15, 0.2) is 0 Å². The Kier molecular flexibility index (Phi) is 7.54. The minimum Gasteiger partial charge on any atom is -0.493 e. The van der Waals surface area contributed by atoms with Crippen LogP contribution in [0.1, 0.15) is 32.3 Å². The van der Waals surface area contributed by atoms with Crippen molar-refractivity contribution in [1.82, 2.24) is 5.32 Å². The summed E-state index contributed by atoms with van der Waals surface area (Å²) >= 11 is 0. The van der Waals surface area contributed by atoms with Crippen LogP contribution in [0.15, 0.2) is 54.6 Å². The van der Waals surface area contributed by atoms with Crippen LogP contribution in [-0.2, 0) is 14.3 Å². The molecular formula is C24H28N2O5. The van der Waals surface area contributed by atoms with Crippen molar-refractivity contribution in [2.75, 3.05) is 13.2 Å². The van der Waals surface area contributed by atoms with Gasteiger partial charge in [0.25, 0.3) is 0 Å². The van der Waals surface area contributed by atoms with Gasteiger partial charge in [0.05, 0.1) is 12.6 Å². The van der Waals surface area contributed by atoms with Gasteiger partial charge in [-0.15, -0.1) is 0 Å². The number of carbonyl (C=O) groups excluding carboxylic acids is 2. The van der Waals surface area contributed by atoms with Gasteiger partial charge in [0.1, 0.15) is 23.9 Å². The van der Waals surface area contributed by atoms with Crippen LogP contribution in [-0.4, -0.2) is 31.1 Å². The minimum absolute atomic E-state index is 0.0679. The molecule has 2 aromatic carbocycles. The molecule has 0 radical (unpaired) electrons. The average molecular weight is 424 g/mol. The third-order valence-electron chi connectivity index (χ3n) is 4.61. The van der Waals surface area contributed by atoms with Crippen LogP contribution >= 0.6 is 0 Å². The summed E-state index contributed by atoms with van der Waals surface area (Å²) in [5, 5.41) is 2.64. The normalized spacial score (nSPS) is 14.5. The maximum atomic E-state index is 11.9. The van der Waals surface area contributed by atoms with E-state index in [1.165, 1.54) is 25.8 Å². The number of rotatable bonds is 10. The largest absolute Gasteiger partial charge is 0.493 e. The molecule has 0 aliphatic heterocycles. The van der Waals surface area contributed by atoms with Crippen LogP contribution in [0.25, 0.3) is 5.70 Å². The zero-order valence-electron chi connectivity index (χ0n) is 17.8. The molecular weight excluding hydrogens is 396 g/mol. The Morgan fingerprint density at radius 3 is 2.52 bits per heavy atom. The lowest BCUT2D eigenvalue weighted by Gasteiger charge is -2.12. The van der Waals surface area contributed by atoms with Crippen molar-refractivity contribution in [1.29, 1.82) is 0 Å². The molecule has 7 nitrogen and oxygen atoms in total. The molecule has 0 unspecified atom stereocenters. The van der Waals surface area contributed by atoms with E-state index < -0.39 is 5.97 Å². The molecule has 164 valence electrons. The van der Waals surface area contributed by atoms with E-state index in [0.29, 0.717) is 23.0 Å². The van der Waals surface area contributed by atoms with Gasteiger partial charge in [-0.2, -0.15) is 0 Å². The first-order chi connectivity index (χ1) is 14.9. The van der Waals surface area contributed by atoms with Crippen molar-refractivity contribution in [3.8, 4) is 17.2 Å². The molecule has 1 aliphatic rings. The number of nitrogens with two attached hydrogens (primary N) is 1. The third-order valence-corrected chi connectivity index (χ3v) is 4.61. The second-order valence-electron chi connectivity index (χ2n) is 7.69. The van der Waals surface area contributed by atoms with E-state index in [0.717, 1.165) is 12.4 Å². The fraction of sp³-hybridized carbons (Fsp3) is 0.333. The average Bonchev–Trinajstić information content (AvgIpc) is 3.56. The van der Waals surface area contributed by atoms with E-state index >= 15 is 0 Å². The maximum Gasteiger partial charge on any atom is 0.332 e. The smallest absolute Gasteiger partial charge is 0.332 e. The Labute approximate surface area is 182 Å². The third kappa shape index (κ3) is 7.70. The zero-order valence-corrected chi connectivity index (χ0v) is 17.8. The van der Waals surface area contributed by atoms with E-state index in [1.807, 2.05) is 24.3 Å². The van der Waals surface area contributed by atoms with E-state index in [4.69, 9.17) is 19.9 Å². The summed E-state index contributed by atoms with van der Waals surface area (Å²) in [6.45, 7) is 3.97.